The fourth-order valence-corrected chi connectivity index (χ4v) is 3.02. The number of carbonyl (C=O) groups is 1. The third-order valence-corrected chi connectivity index (χ3v) is 3.86. The van der Waals surface area contributed by atoms with Crippen LogP contribution in [0.5, 0.6) is 5.75 Å². The van der Waals surface area contributed by atoms with E-state index in [0.29, 0.717) is 25.3 Å². The van der Waals surface area contributed by atoms with Crippen molar-refractivity contribution in [3.8, 4) is 5.75 Å². The second kappa shape index (κ2) is 5.91. The molecule has 0 saturated carbocycles. The minimum Gasteiger partial charge on any atom is -0.493 e. The van der Waals surface area contributed by atoms with Gasteiger partial charge in [0.2, 0.25) is 5.76 Å². The average Bonchev–Trinajstić information content (AvgIpc) is 3.06. The second-order valence-corrected chi connectivity index (χ2v) is 5.75. The number of furan rings is 1. The lowest BCUT2D eigenvalue weighted by molar-refractivity contribution is 0.0660. The molecular formula is C15H14BrNO4. The van der Waals surface area contributed by atoms with Crippen molar-refractivity contribution >= 4 is 21.9 Å². The fraction of sp³-hybridized carbons (Fsp3) is 0.267. The van der Waals surface area contributed by atoms with Crippen molar-refractivity contribution in [1.82, 2.24) is 5.32 Å². The number of benzene rings is 1. The Morgan fingerprint density at radius 1 is 1.33 bits per heavy atom. The quantitative estimate of drug-likeness (QED) is 0.866. The first-order valence-corrected chi connectivity index (χ1v) is 7.39. The lowest BCUT2D eigenvalue weighted by Crippen LogP contribution is -2.15. The van der Waals surface area contributed by atoms with Crippen LogP contribution >= 0.6 is 15.9 Å². The summed E-state index contributed by atoms with van der Waals surface area (Å²) in [6.07, 6.45) is 2.31. The number of ether oxygens (including phenoxy) is 1. The van der Waals surface area contributed by atoms with Gasteiger partial charge in [-0.2, -0.15) is 0 Å². The highest BCUT2D eigenvalue weighted by Gasteiger charge is 2.18. The zero-order valence-electron chi connectivity index (χ0n) is 11.2. The molecule has 2 N–H and O–H groups in total. The van der Waals surface area contributed by atoms with Crippen LogP contribution in [0.25, 0.3) is 0 Å². The summed E-state index contributed by atoms with van der Waals surface area (Å²) in [7, 11) is 0. The zero-order valence-corrected chi connectivity index (χ0v) is 12.8. The van der Waals surface area contributed by atoms with Gasteiger partial charge in [0.05, 0.1) is 12.9 Å². The van der Waals surface area contributed by atoms with Crippen LogP contribution in [0.3, 0.4) is 0 Å². The van der Waals surface area contributed by atoms with E-state index >= 15 is 0 Å². The van der Waals surface area contributed by atoms with E-state index in [0.717, 1.165) is 22.2 Å². The first kappa shape index (κ1) is 14.2. The van der Waals surface area contributed by atoms with Gasteiger partial charge in [-0.05, 0) is 23.8 Å². The summed E-state index contributed by atoms with van der Waals surface area (Å²) in [6, 6.07) is 5.76. The normalized spacial score (nSPS) is 13.0. The van der Waals surface area contributed by atoms with Crippen molar-refractivity contribution in [1.29, 1.82) is 0 Å². The molecule has 1 aromatic carbocycles. The molecule has 21 heavy (non-hydrogen) atoms. The van der Waals surface area contributed by atoms with Crippen LogP contribution in [0.15, 0.2) is 33.4 Å². The third-order valence-electron chi connectivity index (χ3n) is 3.40. The summed E-state index contributed by atoms with van der Waals surface area (Å²) < 4.78 is 11.6. The van der Waals surface area contributed by atoms with Crippen LogP contribution in [0.1, 0.15) is 27.2 Å². The Hall–Kier alpha value is -1.79. The summed E-state index contributed by atoms with van der Waals surface area (Å²) in [5.74, 6) is -0.127. The Labute approximate surface area is 130 Å². The third kappa shape index (κ3) is 2.96. The molecule has 2 aromatic rings. The summed E-state index contributed by atoms with van der Waals surface area (Å²) in [4.78, 5) is 11.0. The van der Waals surface area contributed by atoms with Gasteiger partial charge in [0.15, 0.2) is 0 Å². The van der Waals surface area contributed by atoms with Gasteiger partial charge in [-0.3, -0.25) is 0 Å². The predicted octanol–water partition coefficient (Wildman–Crippen LogP) is 2.97. The van der Waals surface area contributed by atoms with Crippen molar-refractivity contribution in [2.75, 3.05) is 6.61 Å². The minimum atomic E-state index is -1.05. The molecule has 0 amide bonds. The maximum absolute atomic E-state index is 11.0. The van der Waals surface area contributed by atoms with Crippen molar-refractivity contribution in [3.05, 3.63) is 51.4 Å². The average molecular weight is 352 g/mol. The predicted molar refractivity (Wildman–Crippen MR) is 79.6 cm³/mol. The molecule has 5 nitrogen and oxygen atoms in total. The highest BCUT2D eigenvalue weighted by molar-refractivity contribution is 9.10. The molecule has 1 aliphatic rings. The van der Waals surface area contributed by atoms with Crippen LogP contribution < -0.4 is 10.1 Å². The van der Waals surface area contributed by atoms with Crippen LogP contribution in [0.4, 0.5) is 0 Å². The molecule has 0 fully saturated rings. The number of carboxylic acid groups (broad SMARTS) is 1. The van der Waals surface area contributed by atoms with Crippen LogP contribution in [0.2, 0.25) is 0 Å². The number of aromatic carboxylic acids is 1. The van der Waals surface area contributed by atoms with E-state index in [2.05, 4.69) is 27.3 Å². The lowest BCUT2D eigenvalue weighted by atomic mass is 10.1. The molecule has 0 saturated heterocycles. The smallest absolute Gasteiger partial charge is 0.372 e. The van der Waals surface area contributed by atoms with E-state index in [4.69, 9.17) is 14.3 Å². The van der Waals surface area contributed by atoms with E-state index in [1.165, 1.54) is 11.8 Å². The Morgan fingerprint density at radius 3 is 2.95 bits per heavy atom. The van der Waals surface area contributed by atoms with E-state index in [1.807, 2.05) is 6.07 Å². The van der Waals surface area contributed by atoms with Crippen molar-refractivity contribution in [2.24, 2.45) is 0 Å². The molecule has 1 aliphatic heterocycles. The molecule has 110 valence electrons. The molecule has 0 atom stereocenters. The van der Waals surface area contributed by atoms with E-state index < -0.39 is 5.97 Å². The molecule has 3 rings (SSSR count). The van der Waals surface area contributed by atoms with Crippen molar-refractivity contribution in [2.45, 2.75) is 19.5 Å². The highest BCUT2D eigenvalue weighted by Crippen LogP contribution is 2.32. The zero-order chi connectivity index (χ0) is 14.8. The minimum absolute atomic E-state index is 0.0155. The first-order valence-electron chi connectivity index (χ1n) is 6.59. The Bertz CT molecular complexity index is 680. The van der Waals surface area contributed by atoms with Gasteiger partial charge in [0.1, 0.15) is 5.75 Å². The molecule has 0 spiro atoms. The molecule has 1 aromatic heterocycles. The van der Waals surface area contributed by atoms with Gasteiger partial charge in [-0.1, -0.05) is 15.9 Å². The van der Waals surface area contributed by atoms with Gasteiger partial charge >= 0.3 is 5.97 Å². The fourth-order valence-electron chi connectivity index (χ4n) is 2.47. The summed E-state index contributed by atoms with van der Waals surface area (Å²) in [6.45, 7) is 1.75. The number of hydrogen-bond donors (Lipinski definition) is 2. The Morgan fingerprint density at radius 2 is 2.14 bits per heavy atom. The van der Waals surface area contributed by atoms with Crippen molar-refractivity contribution < 1.29 is 19.1 Å². The maximum atomic E-state index is 11.0. The van der Waals surface area contributed by atoms with E-state index in [9.17, 15) is 4.79 Å². The summed E-state index contributed by atoms with van der Waals surface area (Å²) in [5.41, 5.74) is 2.91. The summed E-state index contributed by atoms with van der Waals surface area (Å²) >= 11 is 3.50. The Kier molecular flexibility index (Phi) is 3.98. The van der Waals surface area contributed by atoms with Gasteiger partial charge in [-0.15, -0.1) is 0 Å². The molecule has 2 heterocycles. The van der Waals surface area contributed by atoms with E-state index in [-0.39, 0.29) is 5.76 Å². The van der Waals surface area contributed by atoms with Gasteiger partial charge in [-0.25, -0.2) is 4.79 Å². The molecular weight excluding hydrogens is 338 g/mol. The number of carboxylic acids is 1. The van der Waals surface area contributed by atoms with Crippen LogP contribution in [0, 0.1) is 0 Å². The maximum Gasteiger partial charge on any atom is 0.372 e. The number of fused-ring (bicyclic) bond motifs is 1. The van der Waals surface area contributed by atoms with Gasteiger partial charge in [0.25, 0.3) is 0 Å². The number of halogens is 1. The first-order chi connectivity index (χ1) is 10.1. The highest BCUT2D eigenvalue weighted by atomic mass is 79.9. The molecule has 0 unspecified atom stereocenters. The molecule has 6 heteroatoms. The van der Waals surface area contributed by atoms with Gasteiger partial charge < -0.3 is 19.6 Å². The number of hydrogen-bond acceptors (Lipinski definition) is 4. The van der Waals surface area contributed by atoms with E-state index in [1.54, 1.807) is 6.07 Å². The standard InChI is InChI=1S/C15H14BrNO4/c16-12-5-9-1-3-20-13(9)11(6-12)8-17-7-10-2-4-21-14(10)15(18)19/h2,4-6,17H,1,3,7-8H2,(H,18,19). The molecule has 0 radical (unpaired) electrons. The van der Waals surface area contributed by atoms with Crippen LogP contribution in [-0.4, -0.2) is 17.7 Å². The second-order valence-electron chi connectivity index (χ2n) is 4.84. The SMILES string of the molecule is O=C(O)c1occc1CNCc1cc(Br)cc2c1OCC2. The summed E-state index contributed by atoms with van der Waals surface area (Å²) in [5, 5.41) is 12.2. The monoisotopic (exact) mass is 351 g/mol. The topological polar surface area (TPSA) is 71.7 Å². The Balaban J connectivity index is 1.69. The molecule has 0 bridgehead atoms. The lowest BCUT2D eigenvalue weighted by Gasteiger charge is -2.10. The van der Waals surface area contributed by atoms with Crippen molar-refractivity contribution in [3.63, 3.8) is 0 Å². The molecule has 0 aliphatic carbocycles. The number of rotatable bonds is 5. The van der Waals surface area contributed by atoms with Crippen LogP contribution in [-0.2, 0) is 19.5 Å². The number of nitrogens with one attached hydrogen (secondary N) is 1. The van der Waals surface area contributed by atoms with Gasteiger partial charge in [0, 0.05) is 35.1 Å². The largest absolute Gasteiger partial charge is 0.493 e.